The Hall–Kier alpha value is -2.12. The van der Waals surface area contributed by atoms with Gasteiger partial charge in [-0.25, -0.2) is 8.78 Å². The minimum atomic E-state index is -0.913. The molecule has 2 aromatic carbocycles. The minimum Gasteiger partial charge on any atom is -0.483 e. The lowest BCUT2D eigenvalue weighted by Gasteiger charge is -2.09. The van der Waals surface area contributed by atoms with E-state index in [1.807, 2.05) is 0 Å². The highest BCUT2D eigenvalue weighted by atomic mass is 35.5. The summed E-state index contributed by atoms with van der Waals surface area (Å²) in [5, 5.41) is 9.04. The van der Waals surface area contributed by atoms with Crippen LogP contribution in [0.5, 0.6) is 5.75 Å². The molecule has 0 heterocycles. The van der Waals surface area contributed by atoms with Crippen molar-refractivity contribution in [3.05, 3.63) is 64.2 Å². The number of nitriles is 1. The van der Waals surface area contributed by atoms with Gasteiger partial charge in [-0.15, -0.1) is 0 Å². The fraction of sp³-hybridized carbons (Fsp3) is 0.0714. The van der Waals surface area contributed by atoms with Crippen LogP contribution in [-0.4, -0.2) is 0 Å². The second-order valence-corrected chi connectivity index (χ2v) is 4.17. The van der Waals surface area contributed by atoms with Gasteiger partial charge >= 0.3 is 0 Å². The van der Waals surface area contributed by atoms with Gasteiger partial charge in [0.25, 0.3) is 0 Å². The van der Waals surface area contributed by atoms with E-state index in [1.54, 1.807) is 30.3 Å². The lowest BCUT2D eigenvalue weighted by atomic mass is 10.2. The molecule has 2 aromatic rings. The molecule has 19 heavy (non-hydrogen) atoms. The van der Waals surface area contributed by atoms with E-state index >= 15 is 0 Å². The Morgan fingerprint density at radius 1 is 1.16 bits per heavy atom. The Balaban J connectivity index is 2.21. The summed E-state index contributed by atoms with van der Waals surface area (Å²) in [6.45, 7) is -0.0561. The van der Waals surface area contributed by atoms with Gasteiger partial charge in [0.2, 0.25) is 0 Å². The Bertz CT molecular complexity index is 629. The summed E-state index contributed by atoms with van der Waals surface area (Å²) in [7, 11) is 0. The molecule has 0 aromatic heterocycles. The first-order valence-electron chi connectivity index (χ1n) is 5.37. The number of nitrogens with zero attached hydrogens (tertiary/aromatic N) is 1. The van der Waals surface area contributed by atoms with Crippen molar-refractivity contribution in [1.82, 2.24) is 0 Å². The highest BCUT2D eigenvalue weighted by molar-refractivity contribution is 6.31. The molecule has 96 valence electrons. The molecule has 0 bridgehead atoms. The normalized spacial score (nSPS) is 10.0. The zero-order valence-corrected chi connectivity index (χ0v) is 10.4. The summed E-state index contributed by atoms with van der Waals surface area (Å²) in [4.78, 5) is 0. The largest absolute Gasteiger partial charge is 0.483 e. The second-order valence-electron chi connectivity index (χ2n) is 3.76. The number of halogens is 3. The van der Waals surface area contributed by atoms with Crippen LogP contribution < -0.4 is 4.74 Å². The third-order valence-corrected chi connectivity index (χ3v) is 2.83. The van der Waals surface area contributed by atoms with E-state index in [9.17, 15) is 8.78 Å². The van der Waals surface area contributed by atoms with Gasteiger partial charge in [-0.1, -0.05) is 29.8 Å². The summed E-state index contributed by atoms with van der Waals surface area (Å²) < 4.78 is 32.2. The van der Waals surface area contributed by atoms with E-state index in [4.69, 9.17) is 21.6 Å². The lowest BCUT2D eigenvalue weighted by molar-refractivity contribution is 0.274. The van der Waals surface area contributed by atoms with Gasteiger partial charge in [0.15, 0.2) is 17.4 Å². The van der Waals surface area contributed by atoms with Crippen LogP contribution >= 0.6 is 11.6 Å². The standard InChI is InChI=1S/C14H8ClF2NO/c15-11-4-2-1-3-10(11)8-19-14-12(16)5-9(7-18)6-13(14)17/h1-6H,8H2. The monoisotopic (exact) mass is 279 g/mol. The average molecular weight is 280 g/mol. The first-order valence-corrected chi connectivity index (χ1v) is 5.75. The molecular weight excluding hydrogens is 272 g/mol. The van der Waals surface area contributed by atoms with Gasteiger partial charge in [-0.3, -0.25) is 0 Å². The van der Waals surface area contributed by atoms with Crippen molar-refractivity contribution in [3.8, 4) is 11.8 Å². The zero-order valence-electron chi connectivity index (χ0n) is 9.66. The van der Waals surface area contributed by atoms with E-state index in [0.717, 1.165) is 12.1 Å². The van der Waals surface area contributed by atoms with Crippen LogP contribution in [0.2, 0.25) is 5.02 Å². The van der Waals surface area contributed by atoms with Crippen LogP contribution in [0, 0.1) is 23.0 Å². The quantitative estimate of drug-likeness (QED) is 0.848. The van der Waals surface area contributed by atoms with E-state index in [0.29, 0.717) is 10.6 Å². The van der Waals surface area contributed by atoms with E-state index in [2.05, 4.69) is 0 Å². The lowest BCUT2D eigenvalue weighted by Crippen LogP contribution is -2.01. The molecule has 0 fully saturated rings. The molecule has 0 aliphatic heterocycles. The van der Waals surface area contributed by atoms with Crippen molar-refractivity contribution < 1.29 is 13.5 Å². The molecule has 0 atom stereocenters. The molecule has 0 aliphatic rings. The van der Waals surface area contributed by atoms with Gasteiger partial charge in [-0.05, 0) is 18.2 Å². The van der Waals surface area contributed by atoms with Crippen molar-refractivity contribution in [3.63, 3.8) is 0 Å². The molecule has 5 heteroatoms. The van der Waals surface area contributed by atoms with Gasteiger partial charge in [0.05, 0.1) is 11.6 Å². The molecule has 0 N–H and O–H groups in total. The summed E-state index contributed by atoms with van der Waals surface area (Å²) in [5.74, 6) is -2.34. The van der Waals surface area contributed by atoms with Crippen LogP contribution in [0.1, 0.15) is 11.1 Å². The van der Waals surface area contributed by atoms with Crippen molar-refractivity contribution in [2.75, 3.05) is 0 Å². The number of ether oxygens (including phenoxy) is 1. The van der Waals surface area contributed by atoms with Crippen LogP contribution in [0.25, 0.3) is 0 Å². The third kappa shape index (κ3) is 3.01. The minimum absolute atomic E-state index is 0.0561. The van der Waals surface area contributed by atoms with Gasteiger partial charge < -0.3 is 4.74 Å². The average Bonchev–Trinajstić information content (AvgIpc) is 2.39. The second kappa shape index (κ2) is 5.68. The van der Waals surface area contributed by atoms with Gasteiger partial charge in [-0.2, -0.15) is 5.26 Å². The topological polar surface area (TPSA) is 33.0 Å². The highest BCUT2D eigenvalue weighted by Gasteiger charge is 2.13. The molecule has 2 rings (SSSR count). The summed E-state index contributed by atoms with van der Waals surface area (Å²) in [6.07, 6.45) is 0. The smallest absolute Gasteiger partial charge is 0.191 e. The predicted octanol–water partition coefficient (Wildman–Crippen LogP) is 4.07. The van der Waals surface area contributed by atoms with Crippen molar-refractivity contribution in [2.24, 2.45) is 0 Å². The number of rotatable bonds is 3. The SMILES string of the molecule is N#Cc1cc(F)c(OCc2ccccc2Cl)c(F)c1. The van der Waals surface area contributed by atoms with Gasteiger partial charge in [0, 0.05) is 10.6 Å². The fourth-order valence-electron chi connectivity index (χ4n) is 1.53. The maximum absolute atomic E-state index is 13.6. The highest BCUT2D eigenvalue weighted by Crippen LogP contribution is 2.25. The van der Waals surface area contributed by atoms with Crippen LogP contribution in [0.3, 0.4) is 0 Å². The summed E-state index contributed by atoms with van der Waals surface area (Å²) in [5.41, 5.74) is 0.521. The number of benzene rings is 2. The van der Waals surface area contributed by atoms with Crippen LogP contribution in [0.4, 0.5) is 8.78 Å². The Morgan fingerprint density at radius 2 is 1.79 bits per heavy atom. The Labute approximate surface area is 113 Å². The predicted molar refractivity (Wildman–Crippen MR) is 66.9 cm³/mol. The van der Waals surface area contributed by atoms with Gasteiger partial charge in [0.1, 0.15) is 6.61 Å². The Morgan fingerprint density at radius 3 is 2.37 bits per heavy atom. The molecule has 0 saturated carbocycles. The van der Waals surface area contributed by atoms with Crippen LogP contribution in [0.15, 0.2) is 36.4 Å². The maximum atomic E-state index is 13.6. The van der Waals surface area contributed by atoms with Crippen molar-refractivity contribution in [2.45, 2.75) is 6.61 Å². The molecule has 2 nitrogen and oxygen atoms in total. The zero-order chi connectivity index (χ0) is 13.8. The molecule has 0 aliphatic carbocycles. The summed E-state index contributed by atoms with van der Waals surface area (Å²) >= 11 is 5.91. The number of hydrogen-bond donors (Lipinski definition) is 0. The Kier molecular flexibility index (Phi) is 3.98. The molecule has 0 spiro atoms. The molecule has 0 amide bonds. The molecular formula is C14H8ClF2NO. The van der Waals surface area contributed by atoms with Crippen molar-refractivity contribution >= 4 is 11.6 Å². The maximum Gasteiger partial charge on any atom is 0.191 e. The summed E-state index contributed by atoms with van der Waals surface area (Å²) in [6, 6.07) is 10.4. The fourth-order valence-corrected chi connectivity index (χ4v) is 1.72. The molecule has 0 radical (unpaired) electrons. The first-order chi connectivity index (χ1) is 9.11. The number of hydrogen-bond acceptors (Lipinski definition) is 2. The van der Waals surface area contributed by atoms with E-state index < -0.39 is 17.4 Å². The van der Waals surface area contributed by atoms with E-state index in [-0.39, 0.29) is 12.2 Å². The van der Waals surface area contributed by atoms with E-state index in [1.165, 1.54) is 0 Å². The third-order valence-electron chi connectivity index (χ3n) is 2.46. The van der Waals surface area contributed by atoms with Crippen LogP contribution in [-0.2, 0) is 6.61 Å². The molecule has 0 saturated heterocycles. The first kappa shape index (κ1) is 13.3. The van der Waals surface area contributed by atoms with Crippen molar-refractivity contribution in [1.29, 1.82) is 5.26 Å². The molecule has 0 unspecified atom stereocenters.